The lowest BCUT2D eigenvalue weighted by Crippen LogP contribution is -2.70. The third-order valence-electron chi connectivity index (χ3n) is 7.16. The van der Waals surface area contributed by atoms with Gasteiger partial charge in [-0.1, -0.05) is 37.2 Å². The van der Waals surface area contributed by atoms with Gasteiger partial charge in [0.1, 0.15) is 5.44 Å². The van der Waals surface area contributed by atoms with Crippen molar-refractivity contribution in [3.05, 3.63) is 29.3 Å². The Morgan fingerprint density at radius 3 is 2.59 bits per heavy atom. The van der Waals surface area contributed by atoms with Crippen LogP contribution in [0.15, 0.2) is 29.2 Å². The summed E-state index contributed by atoms with van der Waals surface area (Å²) in [5.74, 6) is 0.992. The molecule has 5 aliphatic rings. The first-order valence-corrected chi connectivity index (χ1v) is 11.3. The maximum Gasteiger partial charge on any atom is 0.201 e. The summed E-state index contributed by atoms with van der Waals surface area (Å²) in [6.45, 7) is 6.61. The van der Waals surface area contributed by atoms with Gasteiger partial charge in [0.2, 0.25) is 5.79 Å². The van der Waals surface area contributed by atoms with Crippen LogP contribution in [-0.4, -0.2) is 23.1 Å². The molecular formula is C21H27ClO4S. The van der Waals surface area contributed by atoms with Crippen LogP contribution in [0.2, 0.25) is 5.02 Å². The van der Waals surface area contributed by atoms with Gasteiger partial charge in [-0.15, -0.1) is 0 Å². The predicted molar refractivity (Wildman–Crippen MR) is 104 cm³/mol. The van der Waals surface area contributed by atoms with E-state index in [1.54, 1.807) is 11.8 Å². The number of hydrogen-bond donors (Lipinski definition) is 0. The Labute approximate surface area is 170 Å². The molecule has 6 rings (SSSR count). The third-order valence-corrected chi connectivity index (χ3v) is 8.73. The molecule has 1 saturated carbocycles. The molecule has 1 aromatic rings. The smallest absolute Gasteiger partial charge is 0.201 e. The molecule has 0 amide bonds. The van der Waals surface area contributed by atoms with E-state index >= 15 is 0 Å². The predicted octanol–water partition coefficient (Wildman–Crippen LogP) is 5.64. The van der Waals surface area contributed by atoms with E-state index in [1.165, 1.54) is 6.42 Å². The Hall–Kier alpha value is -0.300. The molecule has 0 aromatic heterocycles. The van der Waals surface area contributed by atoms with Crippen LogP contribution >= 0.6 is 23.4 Å². The number of hydrogen-bond acceptors (Lipinski definition) is 5. The molecule has 0 unspecified atom stereocenters. The highest BCUT2D eigenvalue weighted by atomic mass is 35.5. The zero-order chi connectivity index (χ0) is 18.8. The first kappa shape index (κ1) is 18.7. The average molecular weight is 411 g/mol. The molecule has 2 bridgehead atoms. The molecule has 1 spiro atoms. The summed E-state index contributed by atoms with van der Waals surface area (Å²) in [4.78, 5) is 13.2. The van der Waals surface area contributed by atoms with Crippen LogP contribution in [0.1, 0.15) is 46.5 Å². The normalized spacial score (nSPS) is 48.7. The second kappa shape index (κ2) is 6.61. The Morgan fingerprint density at radius 1 is 1.04 bits per heavy atom. The van der Waals surface area contributed by atoms with Crippen molar-refractivity contribution in [3.63, 3.8) is 0 Å². The highest BCUT2D eigenvalue weighted by Crippen LogP contribution is 2.61. The lowest BCUT2D eigenvalue weighted by molar-refractivity contribution is -0.568. The summed E-state index contributed by atoms with van der Waals surface area (Å²) in [5.41, 5.74) is -0.461. The van der Waals surface area contributed by atoms with Crippen molar-refractivity contribution in [1.82, 2.24) is 0 Å². The Kier molecular flexibility index (Phi) is 4.58. The van der Waals surface area contributed by atoms with Gasteiger partial charge in [-0.2, -0.15) is 0 Å². The van der Waals surface area contributed by atoms with Crippen LogP contribution < -0.4 is 0 Å². The molecule has 4 saturated heterocycles. The molecule has 5 fully saturated rings. The van der Waals surface area contributed by atoms with Crippen LogP contribution in [-0.2, 0) is 19.2 Å². The number of benzene rings is 1. The number of ether oxygens (including phenoxy) is 2. The van der Waals surface area contributed by atoms with Gasteiger partial charge in [-0.25, -0.2) is 9.78 Å². The van der Waals surface area contributed by atoms with E-state index in [0.29, 0.717) is 23.7 Å². The maximum absolute atomic E-state index is 6.59. The van der Waals surface area contributed by atoms with Gasteiger partial charge in [-0.3, -0.25) is 0 Å². The highest BCUT2D eigenvalue weighted by molar-refractivity contribution is 7.99. The topological polar surface area (TPSA) is 36.9 Å². The molecule has 1 aromatic carbocycles. The van der Waals surface area contributed by atoms with Gasteiger partial charge < -0.3 is 9.47 Å². The summed E-state index contributed by atoms with van der Waals surface area (Å²) >= 11 is 7.80. The summed E-state index contributed by atoms with van der Waals surface area (Å²) in [7, 11) is 0. The zero-order valence-corrected chi connectivity index (χ0v) is 17.6. The number of thioether (sulfide) groups is 1. The molecule has 27 heavy (non-hydrogen) atoms. The van der Waals surface area contributed by atoms with E-state index in [-0.39, 0.29) is 11.7 Å². The molecule has 6 heteroatoms. The monoisotopic (exact) mass is 410 g/mol. The van der Waals surface area contributed by atoms with Crippen molar-refractivity contribution in [2.24, 2.45) is 23.7 Å². The largest absolute Gasteiger partial charge is 0.335 e. The van der Waals surface area contributed by atoms with Gasteiger partial charge in [0.05, 0.1) is 0 Å². The van der Waals surface area contributed by atoms with E-state index in [2.05, 4.69) is 26.0 Å². The molecule has 0 N–H and O–H groups in total. The minimum Gasteiger partial charge on any atom is -0.335 e. The van der Waals surface area contributed by atoms with E-state index in [1.807, 2.05) is 19.1 Å². The molecule has 4 aliphatic heterocycles. The second-order valence-electron chi connectivity index (χ2n) is 8.85. The van der Waals surface area contributed by atoms with Crippen molar-refractivity contribution in [2.45, 2.75) is 74.5 Å². The molecule has 8 atom stereocenters. The van der Waals surface area contributed by atoms with Gasteiger partial charge in [0.25, 0.3) is 0 Å². The summed E-state index contributed by atoms with van der Waals surface area (Å²) in [5, 5.41) is 0.753. The highest BCUT2D eigenvalue weighted by Gasteiger charge is 2.69. The minimum atomic E-state index is -0.715. The van der Waals surface area contributed by atoms with Gasteiger partial charge >= 0.3 is 0 Å². The Balaban J connectivity index is 1.48. The number of fused-ring (bicyclic) bond motifs is 2. The summed E-state index contributed by atoms with van der Waals surface area (Å²) in [6.07, 6.45) is 3.89. The van der Waals surface area contributed by atoms with Crippen molar-refractivity contribution >= 4 is 23.4 Å². The minimum absolute atomic E-state index is 0.0207. The van der Waals surface area contributed by atoms with Crippen LogP contribution in [0.5, 0.6) is 0 Å². The second-order valence-corrected chi connectivity index (χ2v) is 10.5. The van der Waals surface area contributed by atoms with Crippen LogP contribution in [0.4, 0.5) is 0 Å². The molecule has 1 aliphatic carbocycles. The number of rotatable bonds is 2. The lowest BCUT2D eigenvalue weighted by atomic mass is 9.58. The van der Waals surface area contributed by atoms with Crippen molar-refractivity contribution in [1.29, 1.82) is 0 Å². The van der Waals surface area contributed by atoms with Crippen LogP contribution in [0, 0.1) is 23.7 Å². The molecule has 4 nitrogen and oxygen atoms in total. The molecule has 4 heterocycles. The summed E-state index contributed by atoms with van der Waals surface area (Å²) in [6, 6.07) is 7.97. The number of halogens is 1. The van der Waals surface area contributed by atoms with Gasteiger partial charge in [0, 0.05) is 22.3 Å². The molecule has 148 valence electrons. The Bertz CT molecular complexity index is 715. The van der Waals surface area contributed by atoms with Crippen LogP contribution in [0.3, 0.4) is 0 Å². The van der Waals surface area contributed by atoms with Crippen molar-refractivity contribution < 1.29 is 19.2 Å². The molecule has 0 radical (unpaired) electrons. The van der Waals surface area contributed by atoms with Gasteiger partial charge in [0.15, 0.2) is 11.9 Å². The summed E-state index contributed by atoms with van der Waals surface area (Å²) < 4.78 is 13.0. The first-order valence-electron chi connectivity index (χ1n) is 10.0. The SMILES string of the molecule is C[C@H]1[C@@H](Sc2ccc(Cl)cc2)O[C@@H]2O[C@@]3(C)CC[C@H]4[C@H](C)CC[C@@H]1[C@@]24OO3. The quantitative estimate of drug-likeness (QED) is 0.589. The van der Waals surface area contributed by atoms with Crippen molar-refractivity contribution in [2.75, 3.05) is 0 Å². The third kappa shape index (κ3) is 2.89. The fourth-order valence-electron chi connectivity index (χ4n) is 5.65. The fourth-order valence-corrected chi connectivity index (χ4v) is 6.90. The van der Waals surface area contributed by atoms with Crippen molar-refractivity contribution in [3.8, 4) is 0 Å². The van der Waals surface area contributed by atoms with Crippen LogP contribution in [0.25, 0.3) is 0 Å². The van der Waals surface area contributed by atoms with E-state index in [9.17, 15) is 0 Å². The van der Waals surface area contributed by atoms with Gasteiger partial charge in [-0.05, 0) is 68.2 Å². The zero-order valence-electron chi connectivity index (χ0n) is 16.0. The maximum atomic E-state index is 6.59. The molecular weight excluding hydrogens is 384 g/mol. The average Bonchev–Trinajstić information content (AvgIpc) is 2.87. The van der Waals surface area contributed by atoms with E-state index in [4.69, 9.17) is 30.8 Å². The fraction of sp³-hybridized carbons (Fsp3) is 0.714. The standard InChI is InChI=1S/C21H27ClO4S/c1-12-4-9-17-13(2)18(27-15-7-5-14(22)6-8-15)23-19-21(17)16(12)10-11-20(3,24-19)25-26-21/h5-8,12-13,16-19H,4,9-11H2,1-3H3/t12-,13-,16+,17+,18-,19-,20-,21-/m1/s1. The Morgan fingerprint density at radius 2 is 1.81 bits per heavy atom. The van der Waals surface area contributed by atoms with E-state index in [0.717, 1.165) is 29.2 Å². The van der Waals surface area contributed by atoms with E-state index < -0.39 is 11.4 Å². The first-order chi connectivity index (χ1) is 12.9. The lowest BCUT2D eigenvalue weighted by Gasteiger charge is -2.60.